The summed E-state index contributed by atoms with van der Waals surface area (Å²) in [7, 11) is 0. The number of halogens is 1. The number of hydrogen-bond donors (Lipinski definition) is 1. The fraction of sp³-hybridized carbons (Fsp3) is 0.500. The van der Waals surface area contributed by atoms with Crippen LogP contribution in [0, 0.1) is 11.7 Å². The number of hydrogen-bond acceptors (Lipinski definition) is 2. The maximum atomic E-state index is 12.9. The summed E-state index contributed by atoms with van der Waals surface area (Å²) in [5, 5.41) is 9.02. The molecule has 0 spiro atoms. The van der Waals surface area contributed by atoms with E-state index in [1.54, 1.807) is 12.1 Å². The quantitative estimate of drug-likeness (QED) is 0.894. The van der Waals surface area contributed by atoms with Crippen molar-refractivity contribution in [3.8, 4) is 0 Å². The van der Waals surface area contributed by atoms with E-state index in [0.29, 0.717) is 13.0 Å². The lowest BCUT2D eigenvalue weighted by atomic mass is 10.0. The number of carbonyl (C=O) groups is 1. The summed E-state index contributed by atoms with van der Waals surface area (Å²) in [5.41, 5.74) is 1.06. The second-order valence-corrected chi connectivity index (χ2v) is 4.79. The van der Waals surface area contributed by atoms with Crippen molar-refractivity contribution in [2.24, 2.45) is 5.92 Å². The van der Waals surface area contributed by atoms with Gasteiger partial charge in [0.1, 0.15) is 5.82 Å². The van der Waals surface area contributed by atoms with Gasteiger partial charge in [0.25, 0.3) is 0 Å². The minimum Gasteiger partial charge on any atom is -0.481 e. The molecule has 1 saturated heterocycles. The lowest BCUT2D eigenvalue weighted by Crippen LogP contribution is -2.27. The smallest absolute Gasteiger partial charge is 0.307 e. The number of aliphatic carboxylic acids is 1. The van der Waals surface area contributed by atoms with Gasteiger partial charge in [0, 0.05) is 12.6 Å². The second kappa shape index (κ2) is 5.48. The highest BCUT2D eigenvalue weighted by molar-refractivity contribution is 5.70. The van der Waals surface area contributed by atoms with Gasteiger partial charge in [-0.15, -0.1) is 0 Å². The summed E-state index contributed by atoms with van der Waals surface area (Å²) < 4.78 is 12.9. The molecular formula is C14H18FNO2. The molecule has 4 heteroatoms. The Bertz CT molecular complexity index is 418. The van der Waals surface area contributed by atoms with Gasteiger partial charge in [0.05, 0.1) is 5.92 Å². The minimum atomic E-state index is -0.716. The molecule has 0 aliphatic carbocycles. The van der Waals surface area contributed by atoms with Gasteiger partial charge in [-0.25, -0.2) is 4.39 Å². The predicted octanol–water partition coefficient (Wildman–Crippen LogP) is 2.68. The van der Waals surface area contributed by atoms with Gasteiger partial charge in [0.15, 0.2) is 0 Å². The lowest BCUT2D eigenvalue weighted by molar-refractivity contribution is -0.141. The number of nitrogens with zero attached hydrogens (tertiary/aromatic N) is 1. The Morgan fingerprint density at radius 3 is 2.67 bits per heavy atom. The van der Waals surface area contributed by atoms with Crippen molar-refractivity contribution in [3.63, 3.8) is 0 Å². The third kappa shape index (κ3) is 2.70. The molecule has 1 aliphatic heterocycles. The van der Waals surface area contributed by atoms with E-state index in [1.165, 1.54) is 12.1 Å². The van der Waals surface area contributed by atoms with E-state index in [-0.39, 0.29) is 17.8 Å². The fourth-order valence-corrected chi connectivity index (χ4v) is 2.66. The summed E-state index contributed by atoms with van der Waals surface area (Å²) in [6, 6.07) is 6.69. The van der Waals surface area contributed by atoms with E-state index in [1.807, 2.05) is 0 Å². The van der Waals surface area contributed by atoms with Crippen LogP contribution in [0.4, 0.5) is 4.39 Å². The van der Waals surface area contributed by atoms with E-state index in [2.05, 4.69) is 11.8 Å². The van der Waals surface area contributed by atoms with Crippen molar-refractivity contribution in [2.45, 2.75) is 25.8 Å². The summed E-state index contributed by atoms with van der Waals surface area (Å²) in [5.74, 6) is -1.22. The molecule has 2 rings (SSSR count). The number of rotatable bonds is 4. The standard InChI is InChI=1S/C14H18FNO2/c1-2-13(10-3-5-12(15)6-4-10)16-8-7-11(9-16)14(17)18/h3-6,11,13H,2,7-9H2,1H3,(H,17,18). The Morgan fingerprint density at radius 2 is 2.17 bits per heavy atom. The molecule has 0 bridgehead atoms. The summed E-state index contributed by atoms with van der Waals surface area (Å²) in [6.07, 6.45) is 1.60. The zero-order valence-corrected chi connectivity index (χ0v) is 10.5. The summed E-state index contributed by atoms with van der Waals surface area (Å²) >= 11 is 0. The molecule has 1 fully saturated rings. The molecule has 1 N–H and O–H groups in total. The van der Waals surface area contributed by atoms with Gasteiger partial charge in [-0.3, -0.25) is 9.69 Å². The van der Waals surface area contributed by atoms with Gasteiger partial charge in [-0.2, -0.15) is 0 Å². The predicted molar refractivity (Wildman–Crippen MR) is 66.7 cm³/mol. The Morgan fingerprint density at radius 1 is 1.50 bits per heavy atom. The first-order valence-electron chi connectivity index (χ1n) is 6.34. The van der Waals surface area contributed by atoms with Crippen molar-refractivity contribution in [1.82, 2.24) is 4.90 Å². The third-order valence-electron chi connectivity index (χ3n) is 3.65. The molecule has 18 heavy (non-hydrogen) atoms. The summed E-state index contributed by atoms with van der Waals surface area (Å²) in [4.78, 5) is 13.1. The van der Waals surface area contributed by atoms with Crippen LogP contribution in [0.3, 0.4) is 0 Å². The first kappa shape index (κ1) is 13.0. The largest absolute Gasteiger partial charge is 0.481 e. The molecule has 98 valence electrons. The van der Waals surface area contributed by atoms with Crippen LogP contribution in [0.2, 0.25) is 0 Å². The van der Waals surface area contributed by atoms with Crippen LogP contribution >= 0.6 is 0 Å². The van der Waals surface area contributed by atoms with E-state index >= 15 is 0 Å². The van der Waals surface area contributed by atoms with Gasteiger partial charge in [0.2, 0.25) is 0 Å². The highest BCUT2D eigenvalue weighted by atomic mass is 19.1. The van der Waals surface area contributed by atoms with Crippen molar-refractivity contribution in [3.05, 3.63) is 35.6 Å². The van der Waals surface area contributed by atoms with Crippen molar-refractivity contribution in [1.29, 1.82) is 0 Å². The Hall–Kier alpha value is -1.42. The van der Waals surface area contributed by atoms with Crippen molar-refractivity contribution in [2.75, 3.05) is 13.1 Å². The van der Waals surface area contributed by atoms with Crippen LogP contribution in [-0.2, 0) is 4.79 Å². The fourth-order valence-electron chi connectivity index (χ4n) is 2.66. The van der Waals surface area contributed by atoms with Crippen LogP contribution in [-0.4, -0.2) is 29.1 Å². The molecular weight excluding hydrogens is 233 g/mol. The van der Waals surface area contributed by atoms with E-state index in [0.717, 1.165) is 18.5 Å². The SMILES string of the molecule is CCC(c1ccc(F)cc1)N1CCC(C(=O)O)C1. The zero-order chi connectivity index (χ0) is 13.1. The van der Waals surface area contributed by atoms with Gasteiger partial charge >= 0.3 is 5.97 Å². The molecule has 3 nitrogen and oxygen atoms in total. The lowest BCUT2D eigenvalue weighted by Gasteiger charge is -2.27. The molecule has 0 aromatic heterocycles. The highest BCUT2D eigenvalue weighted by Gasteiger charge is 2.31. The molecule has 1 heterocycles. The maximum Gasteiger partial charge on any atom is 0.307 e. The molecule has 0 radical (unpaired) electrons. The first-order chi connectivity index (χ1) is 8.61. The van der Waals surface area contributed by atoms with Crippen LogP contribution < -0.4 is 0 Å². The second-order valence-electron chi connectivity index (χ2n) is 4.79. The zero-order valence-electron chi connectivity index (χ0n) is 10.5. The molecule has 1 aliphatic rings. The van der Waals surface area contributed by atoms with Crippen LogP contribution in [0.25, 0.3) is 0 Å². The molecule has 0 saturated carbocycles. The molecule has 1 aromatic rings. The maximum absolute atomic E-state index is 12.9. The van der Waals surface area contributed by atoms with Crippen molar-refractivity contribution < 1.29 is 14.3 Å². The number of benzene rings is 1. The van der Waals surface area contributed by atoms with Crippen molar-refractivity contribution >= 4 is 5.97 Å². The Balaban J connectivity index is 2.10. The first-order valence-corrected chi connectivity index (χ1v) is 6.34. The summed E-state index contributed by atoms with van der Waals surface area (Å²) in [6.45, 7) is 3.46. The molecule has 2 unspecified atom stereocenters. The van der Waals surface area contributed by atoms with Gasteiger partial charge in [-0.05, 0) is 37.1 Å². The topological polar surface area (TPSA) is 40.5 Å². The van der Waals surface area contributed by atoms with Crippen LogP contribution in [0.1, 0.15) is 31.4 Å². The Labute approximate surface area is 106 Å². The van der Waals surface area contributed by atoms with Crippen LogP contribution in [0.15, 0.2) is 24.3 Å². The van der Waals surface area contributed by atoms with Crippen LogP contribution in [0.5, 0.6) is 0 Å². The monoisotopic (exact) mass is 251 g/mol. The van der Waals surface area contributed by atoms with E-state index < -0.39 is 5.97 Å². The van der Waals surface area contributed by atoms with Gasteiger partial charge in [-0.1, -0.05) is 19.1 Å². The average Bonchev–Trinajstić information content (AvgIpc) is 2.82. The van der Waals surface area contributed by atoms with E-state index in [9.17, 15) is 9.18 Å². The number of carboxylic acid groups (broad SMARTS) is 1. The highest BCUT2D eigenvalue weighted by Crippen LogP contribution is 2.30. The minimum absolute atomic E-state index is 0.190. The molecule has 0 amide bonds. The van der Waals surface area contributed by atoms with Gasteiger partial charge < -0.3 is 5.11 Å². The number of likely N-dealkylation sites (tertiary alicyclic amines) is 1. The van der Waals surface area contributed by atoms with E-state index in [4.69, 9.17) is 5.11 Å². The molecule has 2 atom stereocenters. The number of carboxylic acids is 1. The third-order valence-corrected chi connectivity index (χ3v) is 3.65. The molecule has 1 aromatic carbocycles. The Kier molecular flexibility index (Phi) is 3.97. The average molecular weight is 251 g/mol. The normalized spacial score (nSPS) is 22.0.